The van der Waals surface area contributed by atoms with Crippen LogP contribution < -0.4 is 5.73 Å². The lowest BCUT2D eigenvalue weighted by atomic mass is 10.0. The van der Waals surface area contributed by atoms with Crippen LogP contribution in [0.25, 0.3) is 0 Å². The van der Waals surface area contributed by atoms with Crippen molar-refractivity contribution in [1.29, 1.82) is 0 Å². The molecule has 96 valence electrons. The second-order valence-electron chi connectivity index (χ2n) is 4.72. The van der Waals surface area contributed by atoms with E-state index in [1.165, 1.54) is 17.5 Å². The lowest BCUT2D eigenvalue weighted by molar-refractivity contribution is 0.565. The van der Waals surface area contributed by atoms with E-state index in [1.54, 1.807) is 0 Å². The van der Waals surface area contributed by atoms with Crippen LogP contribution in [0.5, 0.6) is 0 Å². The lowest BCUT2D eigenvalue weighted by Gasteiger charge is -2.14. The van der Waals surface area contributed by atoms with E-state index in [0.29, 0.717) is 0 Å². The van der Waals surface area contributed by atoms with E-state index >= 15 is 0 Å². The van der Waals surface area contributed by atoms with Gasteiger partial charge < -0.3 is 10.3 Å². The quantitative estimate of drug-likeness (QED) is 0.877. The van der Waals surface area contributed by atoms with Crippen LogP contribution in [0.3, 0.4) is 0 Å². The minimum absolute atomic E-state index is 0.0218. The molecule has 0 bridgehead atoms. The predicted octanol–water partition coefficient (Wildman–Crippen LogP) is 2.84. The van der Waals surface area contributed by atoms with Gasteiger partial charge in [-0.1, -0.05) is 37.6 Å². The van der Waals surface area contributed by atoms with Gasteiger partial charge in [-0.25, -0.2) is 4.98 Å². The van der Waals surface area contributed by atoms with Gasteiger partial charge in [-0.2, -0.15) is 0 Å². The third-order valence-electron chi connectivity index (χ3n) is 3.26. The molecule has 0 radical (unpaired) electrons. The standard InChI is InChI=1S/C15H21N3/c1-3-4-13-5-7-14(8-6-13)15(16)11-18-10-9-17-12(18)2/h5-10,15H,3-4,11,16H2,1-2H3. The Labute approximate surface area is 109 Å². The summed E-state index contributed by atoms with van der Waals surface area (Å²) in [6.07, 6.45) is 6.10. The van der Waals surface area contributed by atoms with Crippen molar-refractivity contribution in [3.8, 4) is 0 Å². The second-order valence-corrected chi connectivity index (χ2v) is 4.72. The highest BCUT2D eigenvalue weighted by atomic mass is 15.1. The minimum Gasteiger partial charge on any atom is -0.333 e. The maximum Gasteiger partial charge on any atom is 0.105 e. The van der Waals surface area contributed by atoms with Crippen molar-refractivity contribution >= 4 is 0 Å². The van der Waals surface area contributed by atoms with Crippen LogP contribution in [0, 0.1) is 6.92 Å². The van der Waals surface area contributed by atoms with Gasteiger partial charge in [0, 0.05) is 25.0 Å². The molecule has 2 aromatic rings. The Bertz CT molecular complexity index is 485. The monoisotopic (exact) mass is 243 g/mol. The predicted molar refractivity (Wildman–Crippen MR) is 74.3 cm³/mol. The number of nitrogens with two attached hydrogens (primary N) is 1. The second kappa shape index (κ2) is 5.83. The van der Waals surface area contributed by atoms with Gasteiger partial charge in [0.05, 0.1) is 0 Å². The van der Waals surface area contributed by atoms with E-state index in [-0.39, 0.29) is 6.04 Å². The fourth-order valence-corrected chi connectivity index (χ4v) is 2.13. The number of rotatable bonds is 5. The molecule has 0 saturated heterocycles. The fraction of sp³-hybridized carbons (Fsp3) is 0.400. The molecule has 0 saturated carbocycles. The molecule has 0 aliphatic rings. The first-order valence-corrected chi connectivity index (χ1v) is 6.53. The minimum atomic E-state index is 0.0218. The molecule has 0 amide bonds. The van der Waals surface area contributed by atoms with Crippen LogP contribution in [-0.4, -0.2) is 9.55 Å². The van der Waals surface area contributed by atoms with Gasteiger partial charge in [0.2, 0.25) is 0 Å². The maximum atomic E-state index is 6.23. The molecule has 1 aromatic heterocycles. The summed E-state index contributed by atoms with van der Waals surface area (Å²) in [7, 11) is 0. The summed E-state index contributed by atoms with van der Waals surface area (Å²) in [5.41, 5.74) is 8.80. The Morgan fingerprint density at radius 3 is 2.56 bits per heavy atom. The van der Waals surface area contributed by atoms with E-state index in [4.69, 9.17) is 5.73 Å². The van der Waals surface area contributed by atoms with Crippen molar-refractivity contribution in [2.24, 2.45) is 5.73 Å². The van der Waals surface area contributed by atoms with Crippen LogP contribution in [0.2, 0.25) is 0 Å². The summed E-state index contributed by atoms with van der Waals surface area (Å²) in [6, 6.07) is 8.66. The molecular formula is C15H21N3. The number of hydrogen-bond donors (Lipinski definition) is 1. The van der Waals surface area contributed by atoms with E-state index in [0.717, 1.165) is 18.8 Å². The van der Waals surface area contributed by atoms with Crippen molar-refractivity contribution in [3.63, 3.8) is 0 Å². The first-order chi connectivity index (χ1) is 8.70. The zero-order chi connectivity index (χ0) is 13.0. The van der Waals surface area contributed by atoms with E-state index in [2.05, 4.69) is 40.7 Å². The summed E-state index contributed by atoms with van der Waals surface area (Å²) < 4.78 is 2.09. The van der Waals surface area contributed by atoms with Crippen LogP contribution in [0.15, 0.2) is 36.7 Å². The fourth-order valence-electron chi connectivity index (χ4n) is 2.13. The highest BCUT2D eigenvalue weighted by Gasteiger charge is 2.08. The van der Waals surface area contributed by atoms with Crippen LogP contribution in [-0.2, 0) is 13.0 Å². The summed E-state index contributed by atoms with van der Waals surface area (Å²) in [5, 5.41) is 0. The molecular weight excluding hydrogens is 222 g/mol. The van der Waals surface area contributed by atoms with Gasteiger partial charge in [-0.15, -0.1) is 0 Å². The SMILES string of the molecule is CCCc1ccc(C(N)Cn2ccnc2C)cc1. The van der Waals surface area contributed by atoms with Crippen molar-refractivity contribution in [2.75, 3.05) is 0 Å². The third kappa shape index (κ3) is 2.99. The third-order valence-corrected chi connectivity index (χ3v) is 3.26. The molecule has 1 atom stereocenters. The number of hydrogen-bond acceptors (Lipinski definition) is 2. The molecule has 1 unspecified atom stereocenters. The Kier molecular flexibility index (Phi) is 4.15. The first-order valence-electron chi connectivity index (χ1n) is 6.53. The highest BCUT2D eigenvalue weighted by molar-refractivity contribution is 5.25. The van der Waals surface area contributed by atoms with Crippen LogP contribution in [0.1, 0.15) is 36.3 Å². The molecule has 0 spiro atoms. The Hall–Kier alpha value is -1.61. The number of imidazole rings is 1. The smallest absolute Gasteiger partial charge is 0.105 e. The molecule has 0 fully saturated rings. The summed E-state index contributed by atoms with van der Waals surface area (Å²) in [5.74, 6) is 1.01. The topological polar surface area (TPSA) is 43.8 Å². The van der Waals surface area contributed by atoms with Gasteiger partial charge in [0.25, 0.3) is 0 Å². The normalized spacial score (nSPS) is 12.6. The molecule has 0 aliphatic heterocycles. The summed E-state index contributed by atoms with van der Waals surface area (Å²) >= 11 is 0. The Morgan fingerprint density at radius 1 is 1.28 bits per heavy atom. The zero-order valence-electron chi connectivity index (χ0n) is 11.1. The number of aryl methyl sites for hydroxylation is 2. The number of aromatic nitrogens is 2. The molecule has 2 rings (SSSR count). The molecule has 2 N–H and O–H groups in total. The highest BCUT2D eigenvalue weighted by Crippen LogP contribution is 2.15. The Balaban J connectivity index is 2.04. The molecule has 0 aliphatic carbocycles. The van der Waals surface area contributed by atoms with E-state index in [9.17, 15) is 0 Å². The summed E-state index contributed by atoms with van der Waals surface area (Å²) in [6.45, 7) is 4.97. The molecule has 1 heterocycles. The van der Waals surface area contributed by atoms with Gasteiger partial charge in [0.1, 0.15) is 5.82 Å². The van der Waals surface area contributed by atoms with Gasteiger partial charge in [-0.3, -0.25) is 0 Å². The van der Waals surface area contributed by atoms with Crippen LogP contribution >= 0.6 is 0 Å². The number of benzene rings is 1. The largest absolute Gasteiger partial charge is 0.333 e. The van der Waals surface area contributed by atoms with Gasteiger partial charge in [0.15, 0.2) is 0 Å². The van der Waals surface area contributed by atoms with E-state index in [1.807, 2.05) is 19.3 Å². The molecule has 3 heteroatoms. The van der Waals surface area contributed by atoms with Gasteiger partial charge >= 0.3 is 0 Å². The average Bonchev–Trinajstić information content (AvgIpc) is 2.76. The summed E-state index contributed by atoms with van der Waals surface area (Å²) in [4.78, 5) is 4.21. The van der Waals surface area contributed by atoms with Crippen molar-refractivity contribution in [2.45, 2.75) is 39.3 Å². The van der Waals surface area contributed by atoms with Crippen molar-refractivity contribution < 1.29 is 0 Å². The first kappa shape index (κ1) is 12.8. The Morgan fingerprint density at radius 2 is 2.00 bits per heavy atom. The average molecular weight is 243 g/mol. The van der Waals surface area contributed by atoms with Crippen molar-refractivity contribution in [1.82, 2.24) is 9.55 Å². The van der Waals surface area contributed by atoms with Gasteiger partial charge in [-0.05, 0) is 24.5 Å². The molecule has 18 heavy (non-hydrogen) atoms. The number of nitrogens with zero attached hydrogens (tertiary/aromatic N) is 2. The maximum absolute atomic E-state index is 6.23. The van der Waals surface area contributed by atoms with Crippen molar-refractivity contribution in [3.05, 3.63) is 53.6 Å². The molecule has 3 nitrogen and oxygen atoms in total. The zero-order valence-corrected chi connectivity index (χ0v) is 11.1. The lowest BCUT2D eigenvalue weighted by Crippen LogP contribution is -2.18. The van der Waals surface area contributed by atoms with Crippen LogP contribution in [0.4, 0.5) is 0 Å². The molecule has 1 aromatic carbocycles. The van der Waals surface area contributed by atoms with E-state index < -0.39 is 0 Å².